The van der Waals surface area contributed by atoms with Crippen molar-refractivity contribution in [3.63, 3.8) is 0 Å². The van der Waals surface area contributed by atoms with E-state index in [9.17, 15) is 9.59 Å². The molecule has 0 saturated heterocycles. The van der Waals surface area contributed by atoms with Gasteiger partial charge in [-0.3, -0.25) is 9.59 Å². The van der Waals surface area contributed by atoms with Crippen molar-refractivity contribution < 1.29 is 14.0 Å². The summed E-state index contributed by atoms with van der Waals surface area (Å²) in [5, 5.41) is 2.82. The summed E-state index contributed by atoms with van der Waals surface area (Å²) < 4.78 is 5.67. The highest BCUT2D eigenvalue weighted by atomic mass is 79.9. The smallest absolute Gasteiger partial charge is 0.289 e. The summed E-state index contributed by atoms with van der Waals surface area (Å²) in [6, 6.07) is 8.90. The number of aryl methyl sites for hydroxylation is 1. The van der Waals surface area contributed by atoms with Gasteiger partial charge in [-0.15, -0.1) is 0 Å². The molecule has 2 rings (SSSR count). The zero-order chi connectivity index (χ0) is 16.3. The number of benzene rings is 1. The van der Waals surface area contributed by atoms with E-state index in [1.165, 1.54) is 4.90 Å². The Morgan fingerprint density at radius 2 is 1.95 bits per heavy atom. The van der Waals surface area contributed by atoms with Crippen molar-refractivity contribution in [3.8, 4) is 0 Å². The molecule has 2 aromatic rings. The first-order chi connectivity index (χ1) is 10.4. The van der Waals surface area contributed by atoms with E-state index in [-0.39, 0.29) is 24.1 Å². The number of nitrogens with zero attached hydrogens (tertiary/aromatic N) is 1. The van der Waals surface area contributed by atoms with Crippen molar-refractivity contribution in [2.45, 2.75) is 13.8 Å². The largest absolute Gasteiger partial charge is 0.444 e. The summed E-state index contributed by atoms with van der Waals surface area (Å²) in [5.74, 6) is -0.411. The molecule has 0 radical (unpaired) electrons. The van der Waals surface area contributed by atoms with Crippen LogP contribution >= 0.6 is 15.9 Å². The number of hydrogen-bond donors (Lipinski definition) is 1. The summed E-state index contributed by atoms with van der Waals surface area (Å²) in [6.07, 6.45) is 0. The maximum Gasteiger partial charge on any atom is 0.289 e. The van der Waals surface area contributed by atoms with E-state index in [2.05, 4.69) is 21.2 Å². The fourth-order valence-electron chi connectivity index (χ4n) is 1.98. The average molecular weight is 365 g/mol. The van der Waals surface area contributed by atoms with Crippen LogP contribution in [0.1, 0.15) is 21.7 Å². The Hall–Kier alpha value is -2.08. The number of halogens is 1. The number of furan rings is 1. The van der Waals surface area contributed by atoms with E-state index in [1.807, 2.05) is 32.0 Å². The minimum absolute atomic E-state index is 0.0511. The van der Waals surface area contributed by atoms with Gasteiger partial charge >= 0.3 is 0 Å². The first-order valence-electron chi connectivity index (χ1n) is 6.75. The van der Waals surface area contributed by atoms with Crippen LogP contribution in [0, 0.1) is 13.8 Å². The Morgan fingerprint density at radius 1 is 1.23 bits per heavy atom. The van der Waals surface area contributed by atoms with Gasteiger partial charge in [-0.2, -0.15) is 0 Å². The second kappa shape index (κ2) is 6.79. The van der Waals surface area contributed by atoms with Gasteiger partial charge in [0.1, 0.15) is 0 Å². The highest BCUT2D eigenvalue weighted by molar-refractivity contribution is 9.10. The van der Waals surface area contributed by atoms with Gasteiger partial charge in [0.15, 0.2) is 10.4 Å². The molecule has 6 heteroatoms. The fourth-order valence-corrected chi connectivity index (χ4v) is 2.29. The average Bonchev–Trinajstić information content (AvgIpc) is 2.89. The lowest BCUT2D eigenvalue weighted by Gasteiger charge is -2.16. The number of hydrogen-bond acceptors (Lipinski definition) is 3. The fraction of sp³-hybridized carbons (Fsp3) is 0.250. The van der Waals surface area contributed by atoms with Gasteiger partial charge in [-0.25, -0.2) is 0 Å². The Bertz CT molecular complexity index is 709. The van der Waals surface area contributed by atoms with Crippen LogP contribution in [0.3, 0.4) is 0 Å². The second-order valence-electron chi connectivity index (χ2n) is 5.06. The highest BCUT2D eigenvalue weighted by Gasteiger charge is 2.18. The van der Waals surface area contributed by atoms with Crippen molar-refractivity contribution in [1.82, 2.24) is 4.90 Å². The summed E-state index contributed by atoms with van der Waals surface area (Å²) in [5.41, 5.74) is 2.87. The molecule has 0 aliphatic heterocycles. The molecule has 0 aliphatic rings. The van der Waals surface area contributed by atoms with Crippen LogP contribution in [0.15, 0.2) is 39.4 Å². The molecule has 0 bridgehead atoms. The van der Waals surface area contributed by atoms with Gasteiger partial charge in [0.25, 0.3) is 5.91 Å². The molecule has 0 unspecified atom stereocenters. The zero-order valence-corrected chi connectivity index (χ0v) is 14.2. The predicted molar refractivity (Wildman–Crippen MR) is 87.9 cm³/mol. The third-order valence-corrected chi connectivity index (χ3v) is 3.82. The Labute approximate surface area is 137 Å². The molecule has 0 aliphatic carbocycles. The predicted octanol–water partition coefficient (Wildman–Crippen LogP) is 3.37. The number of amides is 2. The maximum atomic E-state index is 12.1. The molecule has 22 heavy (non-hydrogen) atoms. The molecule has 1 heterocycles. The number of nitrogens with one attached hydrogen (secondary N) is 1. The minimum atomic E-state index is -0.346. The van der Waals surface area contributed by atoms with Crippen LogP contribution in [0.5, 0.6) is 0 Å². The van der Waals surface area contributed by atoms with Gasteiger partial charge < -0.3 is 14.6 Å². The minimum Gasteiger partial charge on any atom is -0.444 e. The van der Waals surface area contributed by atoms with E-state index in [1.54, 1.807) is 19.2 Å². The second-order valence-corrected chi connectivity index (χ2v) is 5.84. The molecule has 0 saturated carbocycles. The van der Waals surface area contributed by atoms with Gasteiger partial charge in [0.2, 0.25) is 5.91 Å². The highest BCUT2D eigenvalue weighted by Crippen LogP contribution is 2.18. The first kappa shape index (κ1) is 16.3. The Balaban J connectivity index is 1.99. The number of carbonyl (C=O) groups is 2. The number of anilines is 1. The van der Waals surface area contributed by atoms with Crippen molar-refractivity contribution in [1.29, 1.82) is 0 Å². The van der Waals surface area contributed by atoms with Crippen molar-refractivity contribution in [2.24, 2.45) is 0 Å². The standard InChI is InChI=1S/C16H17BrN2O3/c1-10-5-4-6-12(11(10)2)18-15(20)9-19(3)16(21)13-7-8-14(17)22-13/h4-8H,9H2,1-3H3,(H,18,20). The van der Waals surface area contributed by atoms with E-state index in [0.29, 0.717) is 4.67 Å². The van der Waals surface area contributed by atoms with Crippen LogP contribution in [-0.4, -0.2) is 30.3 Å². The van der Waals surface area contributed by atoms with Crippen molar-refractivity contribution in [3.05, 3.63) is 51.9 Å². The van der Waals surface area contributed by atoms with Crippen molar-refractivity contribution in [2.75, 3.05) is 18.9 Å². The van der Waals surface area contributed by atoms with Crippen molar-refractivity contribution >= 4 is 33.4 Å². The van der Waals surface area contributed by atoms with Crippen LogP contribution < -0.4 is 5.32 Å². The third kappa shape index (κ3) is 3.76. The lowest BCUT2D eigenvalue weighted by atomic mass is 10.1. The summed E-state index contributed by atoms with van der Waals surface area (Å²) in [7, 11) is 1.56. The zero-order valence-electron chi connectivity index (χ0n) is 12.6. The van der Waals surface area contributed by atoms with Gasteiger partial charge in [-0.05, 0) is 59.1 Å². The molecular weight excluding hydrogens is 348 g/mol. The lowest BCUT2D eigenvalue weighted by Crippen LogP contribution is -2.34. The Morgan fingerprint density at radius 3 is 2.59 bits per heavy atom. The van der Waals surface area contributed by atoms with E-state index in [4.69, 9.17) is 4.42 Å². The van der Waals surface area contributed by atoms with Gasteiger partial charge in [0.05, 0.1) is 6.54 Å². The monoisotopic (exact) mass is 364 g/mol. The third-order valence-electron chi connectivity index (χ3n) is 3.39. The summed E-state index contributed by atoms with van der Waals surface area (Å²) in [4.78, 5) is 25.5. The molecule has 2 amide bonds. The molecule has 0 fully saturated rings. The molecule has 116 valence electrons. The summed E-state index contributed by atoms with van der Waals surface area (Å²) in [6.45, 7) is 3.88. The first-order valence-corrected chi connectivity index (χ1v) is 7.54. The van der Waals surface area contributed by atoms with E-state index >= 15 is 0 Å². The van der Waals surface area contributed by atoms with Gasteiger partial charge in [-0.1, -0.05) is 12.1 Å². The Kier molecular flexibility index (Phi) is 5.03. The number of rotatable bonds is 4. The summed E-state index contributed by atoms with van der Waals surface area (Å²) >= 11 is 3.14. The SMILES string of the molecule is Cc1cccc(NC(=O)CN(C)C(=O)c2ccc(Br)o2)c1C. The molecule has 5 nitrogen and oxygen atoms in total. The molecule has 0 spiro atoms. The molecular formula is C16H17BrN2O3. The van der Waals surface area contributed by atoms with Crippen LogP contribution in [0.4, 0.5) is 5.69 Å². The lowest BCUT2D eigenvalue weighted by molar-refractivity contribution is -0.116. The van der Waals surface area contributed by atoms with E-state index in [0.717, 1.165) is 16.8 Å². The van der Waals surface area contributed by atoms with Crippen LogP contribution in [0.2, 0.25) is 0 Å². The van der Waals surface area contributed by atoms with Gasteiger partial charge in [0, 0.05) is 12.7 Å². The number of likely N-dealkylation sites (N-methyl/N-ethyl adjacent to an activating group) is 1. The maximum absolute atomic E-state index is 12.1. The number of carbonyl (C=O) groups excluding carboxylic acids is 2. The quantitative estimate of drug-likeness (QED) is 0.904. The van der Waals surface area contributed by atoms with E-state index < -0.39 is 0 Å². The van der Waals surface area contributed by atoms with Crippen LogP contribution in [0.25, 0.3) is 0 Å². The molecule has 0 atom stereocenters. The topological polar surface area (TPSA) is 62.6 Å². The van der Waals surface area contributed by atoms with Crippen LogP contribution in [-0.2, 0) is 4.79 Å². The normalized spacial score (nSPS) is 10.4. The molecule has 1 aromatic carbocycles. The molecule has 1 N–H and O–H groups in total. The molecule has 1 aromatic heterocycles.